The molecule has 0 saturated heterocycles. The quantitative estimate of drug-likeness (QED) is 0.842. The van der Waals surface area contributed by atoms with Crippen LogP contribution in [0.2, 0.25) is 0 Å². The van der Waals surface area contributed by atoms with Gasteiger partial charge in [-0.25, -0.2) is 8.78 Å². The summed E-state index contributed by atoms with van der Waals surface area (Å²) in [4.78, 5) is 11.0. The molecule has 0 aromatic heterocycles. The van der Waals surface area contributed by atoms with Crippen molar-refractivity contribution in [3.63, 3.8) is 0 Å². The highest BCUT2D eigenvalue weighted by Crippen LogP contribution is 2.23. The largest absolute Gasteiger partial charge is 0.483 e. The number of hydrogen-bond acceptors (Lipinski definition) is 3. The van der Waals surface area contributed by atoms with Crippen LogP contribution in [0.4, 0.5) is 14.5 Å². The Morgan fingerprint density at radius 3 is 2.35 bits per heavy atom. The lowest BCUT2D eigenvalue weighted by Crippen LogP contribution is -2.12. The predicted octanol–water partition coefficient (Wildman–Crippen LogP) is 2.22. The number of nitrogen functional groups attached to an aromatic ring is 1. The van der Waals surface area contributed by atoms with Gasteiger partial charge in [0.2, 0.25) is 5.91 Å². The number of nitrogens with two attached hydrogens (primary N) is 2. The number of halogens is 2. The van der Waals surface area contributed by atoms with Crippen LogP contribution in [0.3, 0.4) is 0 Å². The molecule has 0 radical (unpaired) electrons. The molecule has 2 rings (SSSR count). The number of benzene rings is 2. The second-order valence-electron chi connectivity index (χ2n) is 4.12. The number of amides is 1. The van der Waals surface area contributed by atoms with Crippen molar-refractivity contribution in [3.05, 3.63) is 59.2 Å². The Morgan fingerprint density at radius 2 is 1.80 bits per heavy atom. The van der Waals surface area contributed by atoms with Gasteiger partial charge in [0.1, 0.15) is 6.61 Å². The highest BCUT2D eigenvalue weighted by Gasteiger charge is 2.11. The molecule has 0 atom stereocenters. The van der Waals surface area contributed by atoms with E-state index in [1.165, 1.54) is 24.3 Å². The maximum Gasteiger partial charge on any atom is 0.248 e. The number of rotatable bonds is 4. The van der Waals surface area contributed by atoms with E-state index in [-0.39, 0.29) is 17.9 Å². The van der Waals surface area contributed by atoms with Gasteiger partial charge in [0.15, 0.2) is 17.4 Å². The maximum absolute atomic E-state index is 13.4. The van der Waals surface area contributed by atoms with Gasteiger partial charge in [-0.05, 0) is 24.3 Å². The Morgan fingerprint density at radius 1 is 1.15 bits per heavy atom. The van der Waals surface area contributed by atoms with Crippen LogP contribution < -0.4 is 16.2 Å². The normalized spacial score (nSPS) is 10.3. The molecule has 4 nitrogen and oxygen atoms in total. The minimum atomic E-state index is -0.794. The third-order valence-electron chi connectivity index (χ3n) is 2.72. The third-order valence-corrected chi connectivity index (χ3v) is 2.72. The lowest BCUT2D eigenvalue weighted by atomic mass is 10.1. The van der Waals surface area contributed by atoms with Crippen molar-refractivity contribution in [1.29, 1.82) is 0 Å². The number of para-hydroxylation sites is 1. The van der Waals surface area contributed by atoms with E-state index in [4.69, 9.17) is 16.2 Å². The Bertz CT molecular complexity index is 639. The Labute approximate surface area is 114 Å². The van der Waals surface area contributed by atoms with Crippen LogP contribution in [0.15, 0.2) is 36.4 Å². The lowest BCUT2D eigenvalue weighted by molar-refractivity contribution is 0.100. The minimum Gasteiger partial charge on any atom is -0.483 e. The summed E-state index contributed by atoms with van der Waals surface area (Å²) >= 11 is 0. The number of carbonyl (C=O) groups is 1. The summed E-state index contributed by atoms with van der Waals surface area (Å²) in [5, 5.41) is 0. The van der Waals surface area contributed by atoms with Gasteiger partial charge >= 0.3 is 0 Å². The van der Waals surface area contributed by atoms with E-state index in [9.17, 15) is 13.6 Å². The second-order valence-corrected chi connectivity index (χ2v) is 4.12. The predicted molar refractivity (Wildman–Crippen MR) is 70.1 cm³/mol. The molecule has 6 heteroatoms. The smallest absolute Gasteiger partial charge is 0.248 e. The van der Waals surface area contributed by atoms with E-state index in [1.807, 2.05) is 0 Å². The number of ether oxygens (including phenoxy) is 1. The number of primary amides is 1. The van der Waals surface area contributed by atoms with Crippen molar-refractivity contribution >= 4 is 11.6 Å². The van der Waals surface area contributed by atoms with Gasteiger partial charge in [0.25, 0.3) is 0 Å². The standard InChI is InChI=1S/C14H12F2N2O2/c15-10-2-1-3-11(16)13(10)20-7-9-5-4-8(14(18)19)6-12(9)17/h1-6H,7,17H2,(H2,18,19). The fourth-order valence-corrected chi connectivity index (χ4v) is 1.65. The summed E-state index contributed by atoms with van der Waals surface area (Å²) in [5.41, 5.74) is 11.8. The Kier molecular flexibility index (Phi) is 3.84. The molecule has 0 heterocycles. The molecular formula is C14H12F2N2O2. The van der Waals surface area contributed by atoms with E-state index < -0.39 is 23.3 Å². The van der Waals surface area contributed by atoms with Gasteiger partial charge in [0.05, 0.1) is 0 Å². The van der Waals surface area contributed by atoms with Gasteiger partial charge in [0, 0.05) is 16.8 Å². The number of carbonyl (C=O) groups excluding carboxylic acids is 1. The van der Waals surface area contributed by atoms with Crippen molar-refractivity contribution in [2.24, 2.45) is 5.73 Å². The molecule has 0 unspecified atom stereocenters. The average Bonchev–Trinajstić information content (AvgIpc) is 2.39. The molecule has 0 bridgehead atoms. The molecule has 2 aromatic carbocycles. The zero-order valence-electron chi connectivity index (χ0n) is 10.4. The fourth-order valence-electron chi connectivity index (χ4n) is 1.65. The average molecular weight is 278 g/mol. The molecule has 0 spiro atoms. The van der Waals surface area contributed by atoms with Crippen molar-refractivity contribution in [1.82, 2.24) is 0 Å². The number of hydrogen-bond donors (Lipinski definition) is 2. The van der Waals surface area contributed by atoms with Gasteiger partial charge in [-0.1, -0.05) is 12.1 Å². The highest BCUT2D eigenvalue weighted by atomic mass is 19.1. The van der Waals surface area contributed by atoms with E-state index in [0.29, 0.717) is 5.56 Å². The van der Waals surface area contributed by atoms with E-state index in [0.717, 1.165) is 12.1 Å². The molecule has 0 fully saturated rings. The highest BCUT2D eigenvalue weighted by molar-refractivity contribution is 5.93. The molecule has 104 valence electrons. The summed E-state index contributed by atoms with van der Waals surface area (Å²) in [6.45, 7) is -0.122. The van der Waals surface area contributed by atoms with Crippen molar-refractivity contribution in [2.45, 2.75) is 6.61 Å². The van der Waals surface area contributed by atoms with Gasteiger partial charge < -0.3 is 16.2 Å². The summed E-state index contributed by atoms with van der Waals surface area (Å²) < 4.78 is 31.8. The molecule has 1 amide bonds. The van der Waals surface area contributed by atoms with Crippen LogP contribution >= 0.6 is 0 Å². The monoisotopic (exact) mass is 278 g/mol. The van der Waals surface area contributed by atoms with Gasteiger partial charge in [-0.3, -0.25) is 4.79 Å². The minimum absolute atomic E-state index is 0.122. The Hall–Kier alpha value is -2.63. The molecule has 0 aliphatic heterocycles. The lowest BCUT2D eigenvalue weighted by Gasteiger charge is -2.10. The van der Waals surface area contributed by atoms with Crippen LogP contribution in [0.25, 0.3) is 0 Å². The fraction of sp³-hybridized carbons (Fsp3) is 0.0714. The molecular weight excluding hydrogens is 266 g/mol. The summed E-state index contributed by atoms with van der Waals surface area (Å²) in [6.07, 6.45) is 0. The molecule has 0 aliphatic carbocycles. The number of anilines is 1. The first kappa shape index (κ1) is 13.8. The van der Waals surface area contributed by atoms with Crippen LogP contribution in [0.5, 0.6) is 5.75 Å². The van der Waals surface area contributed by atoms with Crippen molar-refractivity contribution in [3.8, 4) is 5.75 Å². The molecule has 0 saturated carbocycles. The zero-order valence-corrected chi connectivity index (χ0v) is 10.4. The van der Waals surface area contributed by atoms with Gasteiger partial charge in [-0.2, -0.15) is 0 Å². The molecule has 2 aromatic rings. The van der Waals surface area contributed by atoms with Crippen molar-refractivity contribution in [2.75, 3.05) is 5.73 Å². The topological polar surface area (TPSA) is 78.3 Å². The Balaban J connectivity index is 2.17. The van der Waals surface area contributed by atoms with E-state index in [1.54, 1.807) is 0 Å². The van der Waals surface area contributed by atoms with Crippen LogP contribution in [0.1, 0.15) is 15.9 Å². The van der Waals surface area contributed by atoms with E-state index in [2.05, 4.69) is 0 Å². The summed E-state index contributed by atoms with van der Waals surface area (Å²) in [5.74, 6) is -2.66. The first-order valence-corrected chi connectivity index (χ1v) is 5.74. The zero-order chi connectivity index (χ0) is 14.7. The molecule has 20 heavy (non-hydrogen) atoms. The van der Waals surface area contributed by atoms with E-state index >= 15 is 0 Å². The van der Waals surface area contributed by atoms with Crippen LogP contribution in [-0.2, 0) is 6.61 Å². The SMILES string of the molecule is NC(=O)c1ccc(COc2c(F)cccc2F)c(N)c1. The first-order chi connectivity index (χ1) is 9.49. The maximum atomic E-state index is 13.4. The summed E-state index contributed by atoms with van der Waals surface area (Å²) in [6, 6.07) is 7.81. The first-order valence-electron chi connectivity index (χ1n) is 5.74. The third kappa shape index (κ3) is 2.85. The van der Waals surface area contributed by atoms with Gasteiger partial charge in [-0.15, -0.1) is 0 Å². The second kappa shape index (κ2) is 5.56. The van der Waals surface area contributed by atoms with Crippen LogP contribution in [-0.4, -0.2) is 5.91 Å². The molecule has 0 aliphatic rings. The molecule has 4 N–H and O–H groups in total. The summed E-state index contributed by atoms with van der Waals surface area (Å²) in [7, 11) is 0. The van der Waals surface area contributed by atoms with Crippen molar-refractivity contribution < 1.29 is 18.3 Å². The van der Waals surface area contributed by atoms with Crippen LogP contribution in [0, 0.1) is 11.6 Å².